The molecule has 8 nitrogen and oxygen atoms in total. The maximum Gasteiger partial charge on any atom is 0.320 e. The molecule has 2 fully saturated rings. The summed E-state index contributed by atoms with van der Waals surface area (Å²) in [5.74, 6) is -0.0208. The molecule has 1 aromatic carbocycles. The van der Waals surface area contributed by atoms with Crippen LogP contribution in [0.2, 0.25) is 0 Å². The lowest BCUT2D eigenvalue weighted by atomic mass is 9.73. The van der Waals surface area contributed by atoms with Crippen LogP contribution in [-0.4, -0.2) is 71.2 Å². The van der Waals surface area contributed by atoms with Gasteiger partial charge in [0.15, 0.2) is 0 Å². The first kappa shape index (κ1) is 20.7. The Kier molecular flexibility index (Phi) is 5.76. The molecular weight excluding hydrogens is 394 g/mol. The minimum atomic E-state index is -0.933. The molecule has 0 spiro atoms. The van der Waals surface area contributed by atoms with Crippen molar-refractivity contribution in [2.75, 3.05) is 44.2 Å². The predicted octanol–water partition coefficient (Wildman–Crippen LogP) is 2.31. The predicted molar refractivity (Wildman–Crippen MR) is 115 cm³/mol. The van der Waals surface area contributed by atoms with Crippen molar-refractivity contribution in [3.05, 3.63) is 59.8 Å². The van der Waals surface area contributed by atoms with Crippen molar-refractivity contribution in [3.8, 4) is 6.07 Å². The molecule has 0 unspecified atom stereocenters. The summed E-state index contributed by atoms with van der Waals surface area (Å²) in [5.41, 5.74) is 0.395. The molecule has 2 amide bonds. The van der Waals surface area contributed by atoms with Crippen LogP contribution >= 0.6 is 0 Å². The lowest BCUT2D eigenvalue weighted by molar-refractivity contribution is -0.145. The first-order valence-electron chi connectivity index (χ1n) is 10.5. The van der Waals surface area contributed by atoms with E-state index in [0.717, 1.165) is 11.4 Å². The molecule has 2 aliphatic heterocycles. The number of aromatic nitrogens is 1. The molecule has 3 heterocycles. The van der Waals surface area contributed by atoms with E-state index in [-0.39, 0.29) is 6.03 Å². The second kappa shape index (κ2) is 8.64. The number of likely N-dealkylation sites (tertiary alicyclic amines) is 1. The molecule has 1 aromatic heterocycles. The third kappa shape index (κ3) is 4.04. The van der Waals surface area contributed by atoms with Crippen molar-refractivity contribution in [2.24, 2.45) is 0 Å². The number of hydrogen-bond donors (Lipinski definition) is 1. The second-order valence-electron chi connectivity index (χ2n) is 8.01. The SMILES string of the molecule is N#Cc1ccc(N2CCN(C(=O)N3CCC(C(=O)O)(c4ccccc4)CC3)CC2)nc1. The molecule has 2 saturated heterocycles. The van der Waals surface area contributed by atoms with Crippen molar-refractivity contribution in [1.82, 2.24) is 14.8 Å². The van der Waals surface area contributed by atoms with Gasteiger partial charge in [-0.25, -0.2) is 9.78 Å². The normalized spacial score (nSPS) is 18.4. The minimum absolute atomic E-state index is 0.0283. The zero-order valence-electron chi connectivity index (χ0n) is 17.3. The second-order valence-corrected chi connectivity index (χ2v) is 8.01. The molecule has 2 aliphatic rings. The molecule has 4 rings (SSSR count). The Hall–Kier alpha value is -3.60. The lowest BCUT2D eigenvalue weighted by Gasteiger charge is -2.42. The number of urea groups is 1. The van der Waals surface area contributed by atoms with E-state index in [2.05, 4.69) is 16.0 Å². The summed E-state index contributed by atoms with van der Waals surface area (Å²) in [7, 11) is 0. The number of nitriles is 1. The zero-order chi connectivity index (χ0) is 21.8. The number of rotatable bonds is 3. The molecule has 0 atom stereocenters. The number of pyridine rings is 1. The molecular formula is C23H25N5O3. The Labute approximate surface area is 181 Å². The number of aliphatic carboxylic acids is 1. The number of carbonyl (C=O) groups excluding carboxylic acids is 1. The van der Waals surface area contributed by atoms with E-state index in [4.69, 9.17) is 5.26 Å². The van der Waals surface area contributed by atoms with Gasteiger partial charge in [0.2, 0.25) is 0 Å². The van der Waals surface area contributed by atoms with Gasteiger partial charge in [0, 0.05) is 45.5 Å². The summed E-state index contributed by atoms with van der Waals surface area (Å²) in [5, 5.41) is 18.8. The molecule has 1 N–H and O–H groups in total. The Morgan fingerprint density at radius 3 is 2.13 bits per heavy atom. The third-order valence-corrected chi connectivity index (χ3v) is 6.37. The third-order valence-electron chi connectivity index (χ3n) is 6.37. The number of benzene rings is 1. The van der Waals surface area contributed by atoms with Crippen LogP contribution in [0.4, 0.5) is 10.6 Å². The molecule has 0 radical (unpaired) electrons. The Balaban J connectivity index is 1.35. The average molecular weight is 419 g/mol. The fourth-order valence-electron chi connectivity index (χ4n) is 4.43. The number of amides is 2. The molecule has 31 heavy (non-hydrogen) atoms. The van der Waals surface area contributed by atoms with E-state index in [1.54, 1.807) is 17.2 Å². The highest BCUT2D eigenvalue weighted by Crippen LogP contribution is 2.36. The molecule has 0 aliphatic carbocycles. The van der Waals surface area contributed by atoms with Crippen LogP contribution in [0.15, 0.2) is 48.7 Å². The van der Waals surface area contributed by atoms with E-state index in [9.17, 15) is 14.7 Å². The summed E-state index contributed by atoms with van der Waals surface area (Å²) in [6.45, 7) is 3.36. The summed E-state index contributed by atoms with van der Waals surface area (Å²) in [6, 6.07) is 14.9. The Morgan fingerprint density at radius 1 is 0.935 bits per heavy atom. The van der Waals surface area contributed by atoms with Gasteiger partial charge in [-0.15, -0.1) is 0 Å². The number of carbonyl (C=O) groups is 2. The largest absolute Gasteiger partial charge is 0.481 e. The highest BCUT2D eigenvalue weighted by molar-refractivity contribution is 5.82. The Bertz CT molecular complexity index is 971. The molecule has 2 aromatic rings. The van der Waals surface area contributed by atoms with Crippen molar-refractivity contribution in [3.63, 3.8) is 0 Å². The number of piperazine rings is 1. The van der Waals surface area contributed by atoms with Crippen LogP contribution in [0, 0.1) is 11.3 Å². The van der Waals surface area contributed by atoms with Gasteiger partial charge in [-0.3, -0.25) is 4.79 Å². The molecule has 8 heteroatoms. The van der Waals surface area contributed by atoms with Crippen LogP contribution in [0.5, 0.6) is 0 Å². The standard InChI is InChI=1S/C23H25N5O3/c24-16-18-6-7-20(25-17-18)26-12-14-28(15-13-26)22(31)27-10-8-23(9-11-27,21(29)30)19-4-2-1-3-5-19/h1-7,17H,8-15H2,(H,29,30). The van der Waals surface area contributed by atoms with E-state index in [0.29, 0.717) is 57.7 Å². The van der Waals surface area contributed by atoms with Gasteiger partial charge in [0.05, 0.1) is 11.0 Å². The number of carboxylic acid groups (broad SMARTS) is 1. The highest BCUT2D eigenvalue weighted by Gasteiger charge is 2.44. The number of piperidine rings is 1. The number of nitrogens with zero attached hydrogens (tertiary/aromatic N) is 5. The van der Waals surface area contributed by atoms with Gasteiger partial charge in [-0.1, -0.05) is 30.3 Å². The zero-order valence-corrected chi connectivity index (χ0v) is 17.3. The fraction of sp³-hybridized carbons (Fsp3) is 0.391. The molecule has 160 valence electrons. The highest BCUT2D eigenvalue weighted by atomic mass is 16.4. The summed E-state index contributed by atoms with van der Waals surface area (Å²) >= 11 is 0. The first-order valence-corrected chi connectivity index (χ1v) is 10.5. The molecule has 0 saturated carbocycles. The van der Waals surface area contributed by atoms with Gasteiger partial charge < -0.3 is 19.8 Å². The topological polar surface area (TPSA) is 101 Å². The maximum atomic E-state index is 13.0. The van der Waals surface area contributed by atoms with Gasteiger partial charge >= 0.3 is 12.0 Å². The fourth-order valence-corrected chi connectivity index (χ4v) is 4.43. The number of anilines is 1. The number of hydrogen-bond acceptors (Lipinski definition) is 5. The molecule has 0 bridgehead atoms. The van der Waals surface area contributed by atoms with E-state index in [1.165, 1.54) is 0 Å². The summed E-state index contributed by atoms with van der Waals surface area (Å²) in [6.07, 6.45) is 2.38. The van der Waals surface area contributed by atoms with E-state index < -0.39 is 11.4 Å². The van der Waals surface area contributed by atoms with Crippen LogP contribution in [0.3, 0.4) is 0 Å². The Morgan fingerprint density at radius 2 is 1.58 bits per heavy atom. The van der Waals surface area contributed by atoms with Gasteiger partial charge in [0.25, 0.3) is 0 Å². The van der Waals surface area contributed by atoms with Gasteiger partial charge in [-0.05, 0) is 30.5 Å². The minimum Gasteiger partial charge on any atom is -0.481 e. The van der Waals surface area contributed by atoms with Crippen LogP contribution in [-0.2, 0) is 10.2 Å². The number of carboxylic acids is 1. The summed E-state index contributed by atoms with van der Waals surface area (Å²) < 4.78 is 0. The monoisotopic (exact) mass is 419 g/mol. The smallest absolute Gasteiger partial charge is 0.320 e. The quantitative estimate of drug-likeness (QED) is 0.819. The van der Waals surface area contributed by atoms with E-state index >= 15 is 0 Å². The van der Waals surface area contributed by atoms with Crippen LogP contribution in [0.25, 0.3) is 0 Å². The van der Waals surface area contributed by atoms with Crippen molar-refractivity contribution >= 4 is 17.8 Å². The van der Waals surface area contributed by atoms with Gasteiger partial charge in [-0.2, -0.15) is 5.26 Å². The van der Waals surface area contributed by atoms with Crippen LogP contribution < -0.4 is 4.90 Å². The summed E-state index contributed by atoms with van der Waals surface area (Å²) in [4.78, 5) is 35.2. The lowest BCUT2D eigenvalue weighted by Crippen LogP contribution is -2.56. The van der Waals surface area contributed by atoms with Crippen molar-refractivity contribution in [2.45, 2.75) is 18.3 Å². The first-order chi connectivity index (χ1) is 15.0. The van der Waals surface area contributed by atoms with E-state index in [1.807, 2.05) is 41.3 Å². The van der Waals surface area contributed by atoms with Crippen molar-refractivity contribution in [1.29, 1.82) is 5.26 Å². The van der Waals surface area contributed by atoms with Crippen LogP contribution in [0.1, 0.15) is 24.0 Å². The van der Waals surface area contributed by atoms with Crippen molar-refractivity contribution < 1.29 is 14.7 Å². The van der Waals surface area contributed by atoms with Gasteiger partial charge in [0.1, 0.15) is 11.9 Å². The average Bonchev–Trinajstić information content (AvgIpc) is 2.84. The maximum absolute atomic E-state index is 13.0.